The molecule has 0 saturated heterocycles. The van der Waals surface area contributed by atoms with E-state index in [-0.39, 0.29) is 18.2 Å². The fourth-order valence-electron chi connectivity index (χ4n) is 1.87. The fourth-order valence-corrected chi connectivity index (χ4v) is 1.87. The highest BCUT2D eigenvalue weighted by Gasteiger charge is 2.47. The molecule has 1 aliphatic rings. The summed E-state index contributed by atoms with van der Waals surface area (Å²) in [6.07, 6.45) is 0.621. The summed E-state index contributed by atoms with van der Waals surface area (Å²) in [5.41, 5.74) is 4.35. The van der Waals surface area contributed by atoms with Crippen molar-refractivity contribution in [2.45, 2.75) is 50.8 Å². The zero-order valence-electron chi connectivity index (χ0n) is 10.1. The van der Waals surface area contributed by atoms with Crippen molar-refractivity contribution < 1.29 is 19.8 Å². The molecule has 98 valence electrons. The number of nitrogens with two attached hydrogens (primary N) is 1. The number of carboxylic acids is 1. The predicted octanol–water partition coefficient (Wildman–Crippen LogP) is -0.546. The molecule has 5 N–H and O–H groups in total. The normalized spacial score (nSPS) is 29.6. The number of carbonyl (C=O) groups is 2. The lowest BCUT2D eigenvalue weighted by Crippen LogP contribution is -2.63. The lowest BCUT2D eigenvalue weighted by Gasteiger charge is -2.45. The van der Waals surface area contributed by atoms with Crippen LogP contribution in [0, 0.1) is 5.92 Å². The maximum absolute atomic E-state index is 11.7. The Morgan fingerprint density at radius 3 is 2.47 bits per heavy atom. The lowest BCUT2D eigenvalue weighted by atomic mass is 9.72. The standard InChI is InChI=1S/C11H20N2O4/c1-6(2)9(12)10(16)13-7-3-4-11(7,17)5-8(14)15/h6-7,9,17H,3-5,12H2,1-2H3,(H,13,16)(H,14,15). The molecule has 1 amide bonds. The summed E-state index contributed by atoms with van der Waals surface area (Å²) in [4.78, 5) is 22.3. The topological polar surface area (TPSA) is 113 Å². The van der Waals surface area contributed by atoms with Crippen LogP contribution in [0.25, 0.3) is 0 Å². The largest absolute Gasteiger partial charge is 0.481 e. The van der Waals surface area contributed by atoms with Crippen molar-refractivity contribution in [1.82, 2.24) is 5.32 Å². The maximum Gasteiger partial charge on any atom is 0.306 e. The summed E-state index contributed by atoms with van der Waals surface area (Å²) in [5.74, 6) is -1.41. The van der Waals surface area contributed by atoms with E-state index in [9.17, 15) is 14.7 Å². The van der Waals surface area contributed by atoms with Crippen molar-refractivity contribution in [2.75, 3.05) is 0 Å². The second kappa shape index (κ2) is 5.01. The van der Waals surface area contributed by atoms with Gasteiger partial charge in [0.25, 0.3) is 0 Å². The molecule has 0 aromatic carbocycles. The molecule has 1 aliphatic carbocycles. The van der Waals surface area contributed by atoms with E-state index in [1.165, 1.54) is 0 Å². The van der Waals surface area contributed by atoms with Crippen LogP contribution in [0.5, 0.6) is 0 Å². The molecule has 0 aliphatic heterocycles. The van der Waals surface area contributed by atoms with E-state index < -0.39 is 23.7 Å². The van der Waals surface area contributed by atoms with Crippen molar-refractivity contribution in [3.63, 3.8) is 0 Å². The molecule has 0 aromatic heterocycles. The Morgan fingerprint density at radius 1 is 1.53 bits per heavy atom. The van der Waals surface area contributed by atoms with Gasteiger partial charge in [0.05, 0.1) is 24.1 Å². The first-order valence-electron chi connectivity index (χ1n) is 5.76. The summed E-state index contributed by atoms with van der Waals surface area (Å²) in [6, 6.07) is -1.14. The summed E-state index contributed by atoms with van der Waals surface area (Å²) >= 11 is 0. The minimum Gasteiger partial charge on any atom is -0.481 e. The van der Waals surface area contributed by atoms with Crippen LogP contribution >= 0.6 is 0 Å². The number of hydrogen-bond acceptors (Lipinski definition) is 4. The number of aliphatic hydroxyl groups is 1. The molecule has 6 heteroatoms. The summed E-state index contributed by atoms with van der Waals surface area (Å²) in [5, 5.41) is 21.3. The molecule has 0 radical (unpaired) electrons. The van der Waals surface area contributed by atoms with Gasteiger partial charge in [-0.15, -0.1) is 0 Å². The van der Waals surface area contributed by atoms with Gasteiger partial charge in [-0.1, -0.05) is 13.8 Å². The van der Waals surface area contributed by atoms with Crippen LogP contribution in [0.15, 0.2) is 0 Å². The third-order valence-corrected chi connectivity index (χ3v) is 3.31. The monoisotopic (exact) mass is 244 g/mol. The van der Waals surface area contributed by atoms with Crippen LogP contribution in [0.3, 0.4) is 0 Å². The number of amides is 1. The molecule has 0 heterocycles. The van der Waals surface area contributed by atoms with Gasteiger partial charge in [-0.05, 0) is 18.8 Å². The highest BCUT2D eigenvalue weighted by molar-refractivity contribution is 5.82. The van der Waals surface area contributed by atoms with Crippen molar-refractivity contribution in [1.29, 1.82) is 0 Å². The number of hydrogen-bond donors (Lipinski definition) is 4. The van der Waals surface area contributed by atoms with Gasteiger partial charge in [0.1, 0.15) is 0 Å². The van der Waals surface area contributed by atoms with Crippen molar-refractivity contribution in [3.8, 4) is 0 Å². The Labute approximate surface area is 100 Å². The highest BCUT2D eigenvalue weighted by Crippen LogP contribution is 2.35. The first-order chi connectivity index (χ1) is 7.76. The summed E-state index contributed by atoms with van der Waals surface area (Å²) < 4.78 is 0. The van der Waals surface area contributed by atoms with Crippen molar-refractivity contribution in [3.05, 3.63) is 0 Å². The Morgan fingerprint density at radius 2 is 2.12 bits per heavy atom. The molecule has 1 rings (SSSR count). The summed E-state index contributed by atoms with van der Waals surface area (Å²) in [7, 11) is 0. The minimum absolute atomic E-state index is 0.00245. The van der Waals surface area contributed by atoms with Crippen LogP contribution in [0.1, 0.15) is 33.1 Å². The molecular weight excluding hydrogens is 224 g/mol. The molecule has 1 fully saturated rings. The Balaban J connectivity index is 2.53. The average molecular weight is 244 g/mol. The van der Waals surface area contributed by atoms with E-state index in [2.05, 4.69) is 5.32 Å². The van der Waals surface area contributed by atoms with Gasteiger partial charge in [0, 0.05) is 0 Å². The predicted molar refractivity (Wildman–Crippen MR) is 61.2 cm³/mol. The fraction of sp³-hybridized carbons (Fsp3) is 0.818. The van der Waals surface area contributed by atoms with Crippen LogP contribution < -0.4 is 11.1 Å². The smallest absolute Gasteiger partial charge is 0.306 e. The van der Waals surface area contributed by atoms with Crippen molar-refractivity contribution >= 4 is 11.9 Å². The molecular formula is C11H20N2O4. The zero-order chi connectivity index (χ0) is 13.2. The average Bonchev–Trinajstić information content (AvgIpc) is 2.21. The quantitative estimate of drug-likeness (QED) is 0.518. The second-order valence-electron chi connectivity index (χ2n) is 5.04. The molecule has 3 unspecified atom stereocenters. The Bertz CT molecular complexity index is 319. The first kappa shape index (κ1) is 13.9. The van der Waals surface area contributed by atoms with Crippen LogP contribution in [0.4, 0.5) is 0 Å². The van der Waals surface area contributed by atoms with Gasteiger partial charge in [-0.25, -0.2) is 0 Å². The van der Waals surface area contributed by atoms with Gasteiger partial charge >= 0.3 is 5.97 Å². The third kappa shape index (κ3) is 3.17. The van der Waals surface area contributed by atoms with Crippen LogP contribution in [-0.2, 0) is 9.59 Å². The van der Waals surface area contributed by atoms with Crippen molar-refractivity contribution in [2.24, 2.45) is 11.7 Å². The van der Waals surface area contributed by atoms with Gasteiger partial charge in [-0.2, -0.15) is 0 Å². The summed E-state index contributed by atoms with van der Waals surface area (Å²) in [6.45, 7) is 3.66. The number of carbonyl (C=O) groups excluding carboxylic acids is 1. The zero-order valence-corrected chi connectivity index (χ0v) is 10.1. The molecule has 0 spiro atoms. The lowest BCUT2D eigenvalue weighted by molar-refractivity contribution is -0.152. The molecule has 17 heavy (non-hydrogen) atoms. The molecule has 0 aromatic rings. The number of nitrogens with one attached hydrogen (secondary N) is 1. The number of rotatable bonds is 5. The van der Waals surface area contributed by atoms with Gasteiger partial charge < -0.3 is 21.3 Å². The van der Waals surface area contributed by atoms with Crippen LogP contribution in [-0.4, -0.2) is 39.8 Å². The maximum atomic E-state index is 11.7. The van der Waals surface area contributed by atoms with E-state index in [4.69, 9.17) is 10.8 Å². The van der Waals surface area contributed by atoms with Gasteiger partial charge in [0.2, 0.25) is 5.91 Å². The minimum atomic E-state index is -1.32. The van der Waals surface area contributed by atoms with E-state index in [1.54, 1.807) is 0 Å². The number of aliphatic carboxylic acids is 1. The van der Waals surface area contributed by atoms with Gasteiger partial charge in [0.15, 0.2) is 0 Å². The van der Waals surface area contributed by atoms with Gasteiger partial charge in [-0.3, -0.25) is 9.59 Å². The Kier molecular flexibility index (Phi) is 4.11. The van der Waals surface area contributed by atoms with E-state index in [1.807, 2.05) is 13.8 Å². The SMILES string of the molecule is CC(C)C(N)C(=O)NC1CCC1(O)CC(=O)O. The highest BCUT2D eigenvalue weighted by atomic mass is 16.4. The van der Waals surface area contributed by atoms with E-state index in [0.29, 0.717) is 12.8 Å². The number of carboxylic acid groups (broad SMARTS) is 1. The Hall–Kier alpha value is -1.14. The third-order valence-electron chi connectivity index (χ3n) is 3.31. The molecule has 0 bridgehead atoms. The molecule has 6 nitrogen and oxygen atoms in total. The molecule has 1 saturated carbocycles. The first-order valence-corrected chi connectivity index (χ1v) is 5.76. The molecule has 3 atom stereocenters. The van der Waals surface area contributed by atoms with E-state index in [0.717, 1.165) is 0 Å². The second-order valence-corrected chi connectivity index (χ2v) is 5.04. The van der Waals surface area contributed by atoms with Crippen LogP contribution in [0.2, 0.25) is 0 Å². The van der Waals surface area contributed by atoms with E-state index >= 15 is 0 Å².